The maximum atomic E-state index is 13.2. The van der Waals surface area contributed by atoms with Crippen LogP contribution in [-0.2, 0) is 17.5 Å². The molecule has 1 amide bonds. The van der Waals surface area contributed by atoms with Gasteiger partial charge in [-0.1, -0.05) is 20.3 Å². The summed E-state index contributed by atoms with van der Waals surface area (Å²) in [5, 5.41) is 5.62. The summed E-state index contributed by atoms with van der Waals surface area (Å²) >= 11 is 0. The van der Waals surface area contributed by atoms with Gasteiger partial charge in [-0.2, -0.15) is 13.2 Å². The first-order valence-electron chi connectivity index (χ1n) is 14.2. The van der Waals surface area contributed by atoms with E-state index in [1.165, 1.54) is 36.5 Å². The van der Waals surface area contributed by atoms with E-state index in [2.05, 4.69) is 38.8 Å². The number of nitrogens with one attached hydrogen (secondary N) is 2. The summed E-state index contributed by atoms with van der Waals surface area (Å²) in [5.41, 5.74) is 0.719. The number of pyridine rings is 1. The molecule has 0 saturated heterocycles. The third-order valence-corrected chi connectivity index (χ3v) is 7.57. The Hall–Kier alpha value is -4.49. The number of halogens is 6. The highest BCUT2D eigenvalue weighted by Gasteiger charge is 2.34. The Kier molecular flexibility index (Phi) is 8.86. The van der Waals surface area contributed by atoms with E-state index in [-0.39, 0.29) is 22.9 Å². The Morgan fingerprint density at radius 3 is 2.47 bits per heavy atom. The summed E-state index contributed by atoms with van der Waals surface area (Å²) in [5.74, 6) is -0.172. The van der Waals surface area contributed by atoms with Crippen LogP contribution in [0, 0.1) is 5.41 Å². The summed E-state index contributed by atoms with van der Waals surface area (Å²) in [6.07, 6.45) is -4.29. The normalized spacial score (nSPS) is 16.8. The summed E-state index contributed by atoms with van der Waals surface area (Å²) in [6, 6.07) is 12.7. The summed E-state index contributed by atoms with van der Waals surface area (Å²) < 4.78 is 89.1. The predicted molar refractivity (Wildman–Crippen MR) is 154 cm³/mol. The maximum Gasteiger partial charge on any atom is 0.573 e. The van der Waals surface area contributed by atoms with Gasteiger partial charge in [-0.25, -0.2) is 4.98 Å². The predicted octanol–water partition coefficient (Wildman–Crippen LogP) is 7.93. The molecule has 4 aromatic rings. The number of carbonyl (C=O) groups excluding carboxylic acids is 1. The summed E-state index contributed by atoms with van der Waals surface area (Å²) in [6.45, 7) is 3.55. The highest BCUT2D eigenvalue weighted by Crippen LogP contribution is 2.44. The van der Waals surface area contributed by atoms with Crippen molar-refractivity contribution >= 4 is 28.6 Å². The fourth-order valence-corrected chi connectivity index (χ4v) is 5.59. The van der Waals surface area contributed by atoms with Gasteiger partial charge in [0.25, 0.3) is 5.91 Å². The molecular formula is C31H31F6N5O3. The number of hydrogen-bond acceptors (Lipinski definition) is 6. The number of amides is 1. The first-order valence-corrected chi connectivity index (χ1v) is 14.2. The molecule has 45 heavy (non-hydrogen) atoms. The van der Waals surface area contributed by atoms with E-state index in [1.807, 2.05) is 6.07 Å². The lowest BCUT2D eigenvalue weighted by Crippen LogP contribution is -2.29. The van der Waals surface area contributed by atoms with Crippen LogP contribution in [0.25, 0.3) is 11.0 Å². The first-order chi connectivity index (χ1) is 21.2. The van der Waals surface area contributed by atoms with Crippen molar-refractivity contribution in [1.29, 1.82) is 0 Å². The van der Waals surface area contributed by atoms with Gasteiger partial charge in [0.15, 0.2) is 6.61 Å². The van der Waals surface area contributed by atoms with Crippen LogP contribution in [0.2, 0.25) is 0 Å². The van der Waals surface area contributed by atoms with Crippen molar-refractivity contribution in [1.82, 2.24) is 19.9 Å². The maximum absolute atomic E-state index is 13.2. The van der Waals surface area contributed by atoms with Crippen LogP contribution in [-0.4, -0.2) is 33.4 Å². The minimum Gasteiger partial charge on any atom is -0.484 e. The molecule has 14 heteroatoms. The van der Waals surface area contributed by atoms with E-state index < -0.39 is 37.2 Å². The van der Waals surface area contributed by atoms with Crippen molar-refractivity contribution in [2.75, 3.05) is 11.9 Å². The lowest BCUT2D eigenvalue weighted by molar-refractivity contribution is -0.274. The number of benzene rings is 2. The second kappa shape index (κ2) is 12.5. The molecule has 5 rings (SSSR count). The topological polar surface area (TPSA) is 90.3 Å². The Bertz CT molecular complexity index is 1650. The number of ether oxygens (including phenoxy) is 2. The Morgan fingerprint density at radius 2 is 1.78 bits per heavy atom. The van der Waals surface area contributed by atoms with E-state index >= 15 is 0 Å². The van der Waals surface area contributed by atoms with Crippen molar-refractivity contribution < 1.29 is 40.6 Å². The van der Waals surface area contributed by atoms with Gasteiger partial charge in [0.05, 0.1) is 28.8 Å². The molecule has 0 bridgehead atoms. The fourth-order valence-electron chi connectivity index (χ4n) is 5.59. The average Bonchev–Trinajstić information content (AvgIpc) is 3.31. The van der Waals surface area contributed by atoms with Gasteiger partial charge in [-0.05, 0) is 73.2 Å². The zero-order valence-corrected chi connectivity index (χ0v) is 24.4. The third-order valence-electron chi connectivity index (χ3n) is 7.57. The number of fused-ring (bicyclic) bond motifs is 1. The molecule has 2 aromatic carbocycles. The van der Waals surface area contributed by atoms with Crippen LogP contribution in [0.15, 0.2) is 60.8 Å². The molecule has 0 radical (unpaired) electrons. The third kappa shape index (κ3) is 8.17. The second-order valence-electron chi connectivity index (χ2n) is 11.6. The van der Waals surface area contributed by atoms with Crippen molar-refractivity contribution in [2.45, 2.75) is 64.7 Å². The first kappa shape index (κ1) is 31.9. The lowest BCUT2D eigenvalue weighted by Gasteiger charge is -2.36. The number of carbonyl (C=O) groups is 1. The lowest BCUT2D eigenvalue weighted by atomic mass is 9.75. The second-order valence-corrected chi connectivity index (χ2v) is 11.6. The van der Waals surface area contributed by atoms with Crippen molar-refractivity contribution in [3.05, 3.63) is 72.1 Å². The Morgan fingerprint density at radius 1 is 1.04 bits per heavy atom. The largest absolute Gasteiger partial charge is 0.573 e. The molecule has 1 aliphatic carbocycles. The average molecular weight is 636 g/mol. The molecule has 2 heterocycles. The molecule has 1 fully saturated rings. The highest BCUT2D eigenvalue weighted by molar-refractivity contribution is 5.82. The number of nitrogens with zero attached hydrogens (tertiary/aromatic N) is 3. The van der Waals surface area contributed by atoms with Crippen molar-refractivity contribution in [3.63, 3.8) is 0 Å². The number of imidazole rings is 1. The minimum absolute atomic E-state index is 0.0971. The van der Waals surface area contributed by atoms with Crippen molar-refractivity contribution in [3.8, 4) is 11.5 Å². The molecule has 1 aliphatic rings. The van der Waals surface area contributed by atoms with Gasteiger partial charge in [0.1, 0.15) is 11.5 Å². The van der Waals surface area contributed by atoms with Crippen LogP contribution in [0.1, 0.15) is 56.8 Å². The van der Waals surface area contributed by atoms with E-state index in [0.29, 0.717) is 22.9 Å². The van der Waals surface area contributed by atoms with E-state index in [9.17, 15) is 31.1 Å². The standard InChI is InChI=1S/C31H31F6N5O3/c1-29(2)13-3-5-20(16-29)42-26-12-11-22(44-18-27(43)39-17-25-23(30(32,33)34)6-4-14-38-25)15-24(26)41-28(42)40-19-7-9-21(10-8-19)45-31(35,36)37/h4,6-12,14-15,20H,3,5,13,16-18H2,1-2H3,(H,39,43)(H,40,41)/t20-/m1/s1. The molecule has 2 aromatic heterocycles. The number of aromatic nitrogens is 3. The van der Waals surface area contributed by atoms with Crippen LogP contribution in [0.3, 0.4) is 0 Å². The van der Waals surface area contributed by atoms with Crippen LogP contribution in [0.5, 0.6) is 11.5 Å². The molecule has 1 atom stereocenters. The van der Waals surface area contributed by atoms with E-state index in [4.69, 9.17) is 9.72 Å². The Labute approximate surface area is 254 Å². The zero-order valence-electron chi connectivity index (χ0n) is 24.4. The van der Waals surface area contributed by atoms with Crippen LogP contribution < -0.4 is 20.1 Å². The number of alkyl halides is 6. The summed E-state index contributed by atoms with van der Waals surface area (Å²) in [4.78, 5) is 20.9. The van der Waals surface area contributed by atoms with Gasteiger partial charge >= 0.3 is 12.5 Å². The number of hydrogen-bond donors (Lipinski definition) is 2. The Balaban J connectivity index is 1.33. The van der Waals surface area contributed by atoms with Crippen molar-refractivity contribution in [2.24, 2.45) is 5.41 Å². The van der Waals surface area contributed by atoms with Gasteiger partial charge in [-0.3, -0.25) is 9.78 Å². The molecule has 240 valence electrons. The number of anilines is 2. The van der Waals surface area contributed by atoms with Gasteiger partial charge in [-0.15, -0.1) is 13.2 Å². The van der Waals surface area contributed by atoms with Gasteiger partial charge in [0, 0.05) is 24.0 Å². The minimum atomic E-state index is -4.80. The SMILES string of the molecule is CC1(C)CCC[C@@H](n2c(Nc3ccc(OC(F)(F)F)cc3)nc3cc(OCC(=O)NCc4ncccc4C(F)(F)F)ccc32)C1. The fraction of sp³-hybridized carbons (Fsp3) is 0.387. The van der Waals surface area contributed by atoms with Gasteiger partial charge in [0.2, 0.25) is 5.95 Å². The quantitative estimate of drug-likeness (QED) is 0.182. The molecule has 0 aliphatic heterocycles. The zero-order chi connectivity index (χ0) is 32.4. The number of rotatable bonds is 9. The molecule has 2 N–H and O–H groups in total. The molecule has 1 saturated carbocycles. The molecule has 0 spiro atoms. The van der Waals surface area contributed by atoms with Crippen LogP contribution in [0.4, 0.5) is 38.0 Å². The molecular weight excluding hydrogens is 604 g/mol. The molecule has 0 unspecified atom stereocenters. The monoisotopic (exact) mass is 635 g/mol. The van der Waals surface area contributed by atoms with E-state index in [1.54, 1.807) is 12.1 Å². The smallest absolute Gasteiger partial charge is 0.484 e. The van der Waals surface area contributed by atoms with Gasteiger partial charge < -0.3 is 24.7 Å². The van der Waals surface area contributed by atoms with E-state index in [0.717, 1.165) is 37.3 Å². The molecule has 8 nitrogen and oxygen atoms in total. The summed E-state index contributed by atoms with van der Waals surface area (Å²) in [7, 11) is 0. The van der Waals surface area contributed by atoms with Crippen LogP contribution >= 0.6 is 0 Å². The highest BCUT2D eigenvalue weighted by atomic mass is 19.4.